The van der Waals surface area contributed by atoms with Gasteiger partial charge < -0.3 is 25.4 Å². The van der Waals surface area contributed by atoms with E-state index in [1.165, 1.54) is 9.80 Å². The topological polar surface area (TPSA) is 145 Å². The zero-order chi connectivity index (χ0) is 25.8. The molecule has 2 aliphatic heterocycles. The van der Waals surface area contributed by atoms with E-state index in [2.05, 4.69) is 10.6 Å². The second-order valence-corrected chi connectivity index (χ2v) is 8.54. The molecule has 2 aromatic carbocycles. The second-order valence-electron chi connectivity index (χ2n) is 8.54. The summed E-state index contributed by atoms with van der Waals surface area (Å²) in [5.41, 5.74) is 0.890. The van der Waals surface area contributed by atoms with Crippen molar-refractivity contribution in [3.63, 3.8) is 0 Å². The number of amides is 4. The standard InChI is InChI=1S/C25H26N4O7.Ac/c1-15-17(11-23(33)36-15)26-21(31)13-29-20-10-6-5-9-19(20)28(22(32)14-30)12-18(25(29)35)27-24(34)16-7-3-2-4-8-16;/h2-10,15,17-18,30H,11-14H2,1H3,(H,26,31)(H,27,34);/t15-,17-,18-;/m0./s1. The maximum Gasteiger partial charge on any atom is 0.308 e. The summed E-state index contributed by atoms with van der Waals surface area (Å²) in [6.45, 7) is 0.186. The molecule has 0 unspecified atom stereocenters. The van der Waals surface area contributed by atoms with Crippen molar-refractivity contribution in [3.8, 4) is 0 Å². The van der Waals surface area contributed by atoms with Crippen LogP contribution in [0.15, 0.2) is 54.6 Å². The predicted molar refractivity (Wildman–Crippen MR) is 128 cm³/mol. The molecule has 1 fully saturated rings. The Hall–Kier alpha value is -2.81. The number of esters is 1. The minimum Gasteiger partial charge on any atom is -0.460 e. The van der Waals surface area contributed by atoms with Gasteiger partial charge in [-0.15, -0.1) is 0 Å². The van der Waals surface area contributed by atoms with E-state index in [1.807, 2.05) is 0 Å². The number of fused-ring (bicyclic) bond motifs is 1. The van der Waals surface area contributed by atoms with E-state index in [0.29, 0.717) is 11.3 Å². The molecule has 4 rings (SSSR count). The van der Waals surface area contributed by atoms with Crippen LogP contribution in [0.5, 0.6) is 0 Å². The van der Waals surface area contributed by atoms with Crippen molar-refractivity contribution in [2.24, 2.45) is 0 Å². The van der Waals surface area contributed by atoms with Gasteiger partial charge in [0.2, 0.25) is 5.91 Å². The number of carbonyl (C=O) groups excluding carboxylic acids is 5. The van der Waals surface area contributed by atoms with E-state index < -0.39 is 60.9 Å². The Balaban J connectivity index is 0.00000380. The molecular weight excluding hydrogens is 695 g/mol. The number of nitrogens with zero attached hydrogens (tertiary/aromatic N) is 2. The Labute approximate surface area is 249 Å². The first-order valence-corrected chi connectivity index (χ1v) is 11.4. The third-order valence-corrected chi connectivity index (χ3v) is 6.09. The van der Waals surface area contributed by atoms with E-state index in [0.717, 1.165) is 0 Å². The average molecular weight is 722 g/mol. The number of benzene rings is 2. The summed E-state index contributed by atoms with van der Waals surface area (Å²) in [7, 11) is 0. The Morgan fingerprint density at radius 3 is 2.27 bits per heavy atom. The van der Waals surface area contributed by atoms with Crippen molar-refractivity contribution in [3.05, 3.63) is 60.2 Å². The molecule has 1 radical (unpaired) electrons. The molecule has 0 saturated carbocycles. The minimum absolute atomic E-state index is 0. The van der Waals surface area contributed by atoms with Crippen LogP contribution in [0.1, 0.15) is 23.7 Å². The van der Waals surface area contributed by atoms with Crippen LogP contribution in [-0.4, -0.2) is 72.6 Å². The quantitative estimate of drug-likeness (QED) is 0.356. The second kappa shape index (κ2) is 12.6. The molecule has 0 bridgehead atoms. The molecule has 2 heterocycles. The summed E-state index contributed by atoms with van der Waals surface area (Å²) in [5.74, 6) is -2.77. The third-order valence-electron chi connectivity index (χ3n) is 6.09. The van der Waals surface area contributed by atoms with Crippen LogP contribution in [0.2, 0.25) is 0 Å². The predicted octanol–water partition coefficient (Wildman–Crippen LogP) is -0.0227. The maximum absolute atomic E-state index is 13.7. The van der Waals surface area contributed by atoms with Crippen LogP contribution >= 0.6 is 0 Å². The van der Waals surface area contributed by atoms with Crippen LogP contribution in [0.25, 0.3) is 0 Å². The average Bonchev–Trinajstić information content (AvgIpc) is 3.14. The van der Waals surface area contributed by atoms with Crippen molar-refractivity contribution in [2.75, 3.05) is 29.5 Å². The molecule has 3 N–H and O–H groups in total. The van der Waals surface area contributed by atoms with Crippen LogP contribution < -0.4 is 20.4 Å². The van der Waals surface area contributed by atoms with Gasteiger partial charge >= 0.3 is 5.97 Å². The molecule has 2 aromatic rings. The van der Waals surface area contributed by atoms with Crippen LogP contribution in [-0.2, 0) is 23.9 Å². The number of aliphatic hydroxyl groups is 1. The maximum atomic E-state index is 13.7. The monoisotopic (exact) mass is 721 g/mol. The molecule has 3 atom stereocenters. The first kappa shape index (κ1) is 28.8. The van der Waals surface area contributed by atoms with Gasteiger partial charge in [-0.2, -0.15) is 0 Å². The molecule has 2 aliphatic rings. The van der Waals surface area contributed by atoms with E-state index in [9.17, 15) is 29.1 Å². The molecule has 4 amide bonds. The van der Waals surface area contributed by atoms with Gasteiger partial charge in [0.25, 0.3) is 17.7 Å². The molecule has 0 spiro atoms. The number of ether oxygens (including phenoxy) is 1. The molecule has 0 aliphatic carbocycles. The summed E-state index contributed by atoms with van der Waals surface area (Å²) in [6.07, 6.45) is -0.490. The van der Waals surface area contributed by atoms with Gasteiger partial charge in [-0.25, -0.2) is 0 Å². The molecule has 1 saturated heterocycles. The number of hydrogen-bond donors (Lipinski definition) is 3. The van der Waals surface area contributed by atoms with Crippen molar-refractivity contribution in [1.82, 2.24) is 10.6 Å². The van der Waals surface area contributed by atoms with E-state index in [1.54, 1.807) is 61.5 Å². The molecule has 37 heavy (non-hydrogen) atoms. The van der Waals surface area contributed by atoms with Gasteiger partial charge in [0, 0.05) is 49.6 Å². The van der Waals surface area contributed by atoms with Crippen molar-refractivity contribution < 1.29 is 77.9 Å². The Morgan fingerprint density at radius 2 is 1.65 bits per heavy atom. The summed E-state index contributed by atoms with van der Waals surface area (Å²) in [6, 6.07) is 13.0. The number of cyclic esters (lactones) is 1. The van der Waals surface area contributed by atoms with Gasteiger partial charge in [-0.1, -0.05) is 30.3 Å². The number of carbonyl (C=O) groups is 5. The normalized spacial score (nSPS) is 20.8. The van der Waals surface area contributed by atoms with Gasteiger partial charge in [-0.3, -0.25) is 28.9 Å². The Kier molecular flexibility index (Phi) is 9.81. The summed E-state index contributed by atoms with van der Waals surface area (Å²) in [4.78, 5) is 66.0. The summed E-state index contributed by atoms with van der Waals surface area (Å²) in [5, 5.41) is 14.9. The minimum atomic E-state index is -1.20. The fourth-order valence-corrected chi connectivity index (χ4v) is 4.26. The first-order valence-electron chi connectivity index (χ1n) is 11.4. The van der Waals surface area contributed by atoms with Gasteiger partial charge in [0.1, 0.15) is 25.3 Å². The van der Waals surface area contributed by atoms with E-state index in [4.69, 9.17) is 4.74 Å². The van der Waals surface area contributed by atoms with Crippen molar-refractivity contribution in [2.45, 2.75) is 31.5 Å². The Bertz CT molecular complexity index is 1190. The van der Waals surface area contributed by atoms with E-state index >= 15 is 0 Å². The number of anilines is 2. The van der Waals surface area contributed by atoms with Gasteiger partial charge in [0.05, 0.1) is 30.4 Å². The number of rotatable bonds is 6. The number of aliphatic hydroxyl groups excluding tert-OH is 1. The molecule has 11 nitrogen and oxygen atoms in total. The Morgan fingerprint density at radius 1 is 1.00 bits per heavy atom. The molecule has 0 aromatic heterocycles. The summed E-state index contributed by atoms with van der Waals surface area (Å²) < 4.78 is 5.07. The summed E-state index contributed by atoms with van der Waals surface area (Å²) >= 11 is 0. The number of hydrogen-bond acceptors (Lipinski definition) is 7. The van der Waals surface area contributed by atoms with Gasteiger partial charge in [0.15, 0.2) is 0 Å². The fourth-order valence-electron chi connectivity index (χ4n) is 4.26. The molecular formula is C25H26AcN4O7. The van der Waals surface area contributed by atoms with Crippen LogP contribution in [0.3, 0.4) is 0 Å². The smallest absolute Gasteiger partial charge is 0.308 e. The largest absolute Gasteiger partial charge is 0.460 e. The van der Waals surface area contributed by atoms with Crippen molar-refractivity contribution >= 4 is 41.0 Å². The van der Waals surface area contributed by atoms with E-state index in [-0.39, 0.29) is 62.7 Å². The number of nitrogens with one attached hydrogen (secondary N) is 2. The SMILES string of the molecule is C[C@@H]1OC(=O)C[C@@H]1NC(=O)CN1C(=O)[C@@H](NC(=O)c2ccccc2)CN(C(=O)CO)c2ccccc21.[Ac]. The van der Waals surface area contributed by atoms with Crippen LogP contribution in [0, 0.1) is 44.1 Å². The first-order chi connectivity index (χ1) is 17.3. The fraction of sp³-hybridized carbons (Fsp3) is 0.320. The molecule has 191 valence electrons. The molecule has 12 heteroatoms. The number of para-hydroxylation sites is 2. The zero-order valence-corrected chi connectivity index (χ0v) is 24.9. The third kappa shape index (κ3) is 6.55. The van der Waals surface area contributed by atoms with Crippen LogP contribution in [0.4, 0.5) is 11.4 Å². The van der Waals surface area contributed by atoms with Crippen molar-refractivity contribution in [1.29, 1.82) is 0 Å². The van der Waals surface area contributed by atoms with Gasteiger partial charge in [-0.05, 0) is 31.2 Å². The zero-order valence-electron chi connectivity index (χ0n) is 20.1.